The first-order valence-electron chi connectivity index (χ1n) is 8.37. The quantitative estimate of drug-likeness (QED) is 0.787. The summed E-state index contributed by atoms with van der Waals surface area (Å²) in [5, 5.41) is 3.43. The van der Waals surface area contributed by atoms with Crippen LogP contribution in [-0.4, -0.2) is 74.2 Å². The molecule has 0 radical (unpaired) electrons. The van der Waals surface area contributed by atoms with Crippen LogP contribution >= 0.6 is 0 Å². The van der Waals surface area contributed by atoms with Gasteiger partial charge in [-0.3, -0.25) is 9.69 Å². The SMILES string of the molecule is CCNC1(C(=O)OC)CCCC(N2CCCN(C)CC2)C1. The second-order valence-corrected chi connectivity index (χ2v) is 6.55. The molecule has 0 amide bonds. The van der Waals surface area contributed by atoms with Crippen molar-refractivity contribution in [3.63, 3.8) is 0 Å². The van der Waals surface area contributed by atoms with Gasteiger partial charge in [-0.15, -0.1) is 0 Å². The molecule has 2 fully saturated rings. The minimum absolute atomic E-state index is 0.0824. The lowest BCUT2D eigenvalue weighted by molar-refractivity contribution is -0.151. The highest BCUT2D eigenvalue weighted by atomic mass is 16.5. The number of likely N-dealkylation sites (N-methyl/N-ethyl adjacent to an activating group) is 2. The molecular weight excluding hydrogens is 266 g/mol. The Hall–Kier alpha value is -0.650. The van der Waals surface area contributed by atoms with E-state index in [9.17, 15) is 4.79 Å². The molecule has 5 nitrogen and oxygen atoms in total. The van der Waals surface area contributed by atoms with Gasteiger partial charge in [0.1, 0.15) is 5.54 Å². The van der Waals surface area contributed by atoms with Crippen LogP contribution in [0.3, 0.4) is 0 Å². The summed E-state index contributed by atoms with van der Waals surface area (Å²) in [5.74, 6) is -0.0824. The van der Waals surface area contributed by atoms with Gasteiger partial charge >= 0.3 is 5.97 Å². The summed E-state index contributed by atoms with van der Waals surface area (Å²) in [5.41, 5.74) is -0.468. The third-order valence-corrected chi connectivity index (χ3v) is 5.09. The molecule has 0 spiro atoms. The third-order valence-electron chi connectivity index (χ3n) is 5.09. The summed E-state index contributed by atoms with van der Waals surface area (Å²) < 4.78 is 5.09. The summed E-state index contributed by atoms with van der Waals surface area (Å²) in [6.07, 6.45) is 5.31. The van der Waals surface area contributed by atoms with E-state index >= 15 is 0 Å². The molecule has 1 aliphatic heterocycles. The summed E-state index contributed by atoms with van der Waals surface area (Å²) in [4.78, 5) is 17.3. The van der Waals surface area contributed by atoms with Gasteiger partial charge in [0.2, 0.25) is 0 Å². The molecule has 21 heavy (non-hydrogen) atoms. The van der Waals surface area contributed by atoms with E-state index in [0.717, 1.165) is 45.4 Å². The first-order valence-corrected chi connectivity index (χ1v) is 8.37. The van der Waals surface area contributed by atoms with E-state index in [-0.39, 0.29) is 5.97 Å². The minimum Gasteiger partial charge on any atom is -0.468 e. The Kier molecular flexibility index (Phi) is 6.02. The summed E-state index contributed by atoms with van der Waals surface area (Å²) in [7, 11) is 3.70. The van der Waals surface area contributed by atoms with Crippen molar-refractivity contribution in [1.29, 1.82) is 0 Å². The van der Waals surface area contributed by atoms with Gasteiger partial charge in [-0.2, -0.15) is 0 Å². The van der Waals surface area contributed by atoms with E-state index in [0.29, 0.717) is 6.04 Å². The number of nitrogens with zero attached hydrogens (tertiary/aromatic N) is 2. The standard InChI is InChI=1S/C16H31N3O2/c1-4-17-16(15(20)21-3)8-5-7-14(13-16)19-10-6-9-18(2)11-12-19/h14,17H,4-13H2,1-3H3. The van der Waals surface area contributed by atoms with Crippen LogP contribution in [0, 0.1) is 0 Å². The molecule has 1 aliphatic carbocycles. The number of ether oxygens (including phenoxy) is 1. The number of hydrogen-bond donors (Lipinski definition) is 1. The first-order chi connectivity index (χ1) is 10.1. The number of nitrogens with one attached hydrogen (secondary N) is 1. The number of methoxy groups -OCH3 is 1. The Morgan fingerprint density at radius 3 is 2.81 bits per heavy atom. The zero-order chi connectivity index (χ0) is 15.3. The molecule has 1 saturated heterocycles. The van der Waals surface area contributed by atoms with Crippen molar-refractivity contribution in [1.82, 2.24) is 15.1 Å². The van der Waals surface area contributed by atoms with Crippen LogP contribution in [0.1, 0.15) is 39.0 Å². The molecule has 1 N–H and O–H groups in total. The van der Waals surface area contributed by atoms with Crippen LogP contribution in [0.4, 0.5) is 0 Å². The molecule has 1 heterocycles. The molecule has 0 aromatic carbocycles. The van der Waals surface area contributed by atoms with E-state index < -0.39 is 5.54 Å². The van der Waals surface area contributed by atoms with Crippen LogP contribution in [0.25, 0.3) is 0 Å². The fourth-order valence-corrected chi connectivity index (χ4v) is 3.94. The molecule has 0 aromatic rings. The highest BCUT2D eigenvalue weighted by Crippen LogP contribution is 2.32. The predicted octanol–water partition coefficient (Wildman–Crippen LogP) is 1.09. The molecule has 0 bridgehead atoms. The lowest BCUT2D eigenvalue weighted by atomic mass is 9.78. The average molecular weight is 297 g/mol. The molecule has 2 rings (SSSR count). The van der Waals surface area contributed by atoms with Gasteiger partial charge in [-0.25, -0.2) is 0 Å². The molecule has 2 unspecified atom stereocenters. The van der Waals surface area contributed by atoms with E-state index in [1.807, 2.05) is 0 Å². The molecule has 0 aromatic heterocycles. The van der Waals surface area contributed by atoms with E-state index in [1.165, 1.54) is 26.5 Å². The highest BCUT2D eigenvalue weighted by Gasteiger charge is 2.44. The van der Waals surface area contributed by atoms with Crippen molar-refractivity contribution < 1.29 is 9.53 Å². The maximum atomic E-state index is 12.3. The van der Waals surface area contributed by atoms with Crippen molar-refractivity contribution in [3.8, 4) is 0 Å². The number of rotatable bonds is 4. The topological polar surface area (TPSA) is 44.8 Å². The van der Waals surface area contributed by atoms with Crippen LogP contribution in [0.15, 0.2) is 0 Å². The number of carbonyl (C=O) groups is 1. The van der Waals surface area contributed by atoms with Gasteiger partial charge in [0.25, 0.3) is 0 Å². The minimum atomic E-state index is -0.468. The van der Waals surface area contributed by atoms with Gasteiger partial charge in [-0.1, -0.05) is 6.92 Å². The molecule has 2 aliphatic rings. The van der Waals surface area contributed by atoms with Crippen LogP contribution in [0.5, 0.6) is 0 Å². The van der Waals surface area contributed by atoms with Gasteiger partial charge in [0.15, 0.2) is 0 Å². The van der Waals surface area contributed by atoms with Gasteiger partial charge in [-0.05, 0) is 58.8 Å². The van der Waals surface area contributed by atoms with Gasteiger partial charge < -0.3 is 15.0 Å². The summed E-state index contributed by atoms with van der Waals surface area (Å²) >= 11 is 0. The summed E-state index contributed by atoms with van der Waals surface area (Å²) in [6.45, 7) is 7.45. The lowest BCUT2D eigenvalue weighted by Gasteiger charge is -2.43. The van der Waals surface area contributed by atoms with Crippen molar-refractivity contribution in [2.24, 2.45) is 0 Å². The molecular formula is C16H31N3O2. The van der Waals surface area contributed by atoms with Crippen LogP contribution in [-0.2, 0) is 9.53 Å². The van der Waals surface area contributed by atoms with Gasteiger partial charge in [0, 0.05) is 19.1 Å². The highest BCUT2D eigenvalue weighted by molar-refractivity contribution is 5.81. The van der Waals surface area contributed by atoms with E-state index in [2.05, 4.69) is 29.1 Å². The molecule has 1 saturated carbocycles. The van der Waals surface area contributed by atoms with E-state index in [1.54, 1.807) is 0 Å². The largest absolute Gasteiger partial charge is 0.468 e. The average Bonchev–Trinajstić information content (AvgIpc) is 2.71. The zero-order valence-electron chi connectivity index (χ0n) is 13.9. The van der Waals surface area contributed by atoms with Crippen LogP contribution in [0.2, 0.25) is 0 Å². The third kappa shape index (κ3) is 3.96. The van der Waals surface area contributed by atoms with Crippen molar-refractivity contribution >= 4 is 5.97 Å². The Balaban J connectivity index is 2.05. The van der Waals surface area contributed by atoms with Crippen molar-refractivity contribution in [2.75, 3.05) is 46.9 Å². The fourth-order valence-electron chi connectivity index (χ4n) is 3.94. The van der Waals surface area contributed by atoms with Crippen LogP contribution < -0.4 is 5.32 Å². The molecule has 122 valence electrons. The van der Waals surface area contributed by atoms with Crippen molar-refractivity contribution in [3.05, 3.63) is 0 Å². The lowest BCUT2D eigenvalue weighted by Crippen LogP contribution is -2.59. The number of carbonyl (C=O) groups excluding carboxylic acids is 1. The Labute approximate surface area is 129 Å². The van der Waals surface area contributed by atoms with Gasteiger partial charge in [0.05, 0.1) is 7.11 Å². The smallest absolute Gasteiger partial charge is 0.326 e. The number of esters is 1. The molecule has 2 atom stereocenters. The Morgan fingerprint density at radius 2 is 2.10 bits per heavy atom. The van der Waals surface area contributed by atoms with Crippen molar-refractivity contribution in [2.45, 2.75) is 50.6 Å². The molecule has 5 heteroatoms. The first kappa shape index (κ1) is 16.7. The zero-order valence-corrected chi connectivity index (χ0v) is 13.9. The van der Waals surface area contributed by atoms with E-state index in [4.69, 9.17) is 4.74 Å². The second kappa shape index (κ2) is 7.56. The Bertz CT molecular complexity index is 346. The maximum absolute atomic E-state index is 12.3. The normalized spacial score (nSPS) is 32.6. The predicted molar refractivity (Wildman–Crippen MR) is 84.4 cm³/mol. The fraction of sp³-hybridized carbons (Fsp3) is 0.938. The monoisotopic (exact) mass is 297 g/mol. The Morgan fingerprint density at radius 1 is 1.29 bits per heavy atom. The summed E-state index contributed by atoms with van der Waals surface area (Å²) in [6, 6.07) is 0.503. The second-order valence-electron chi connectivity index (χ2n) is 6.55. The maximum Gasteiger partial charge on any atom is 0.326 e. The number of hydrogen-bond acceptors (Lipinski definition) is 5.